The third kappa shape index (κ3) is 3.17. The molecule has 27 heavy (non-hydrogen) atoms. The van der Waals surface area contributed by atoms with Gasteiger partial charge >= 0.3 is 0 Å². The fourth-order valence-electron chi connectivity index (χ4n) is 4.27. The van der Waals surface area contributed by atoms with Gasteiger partial charge < -0.3 is 0 Å². The minimum Gasteiger partial charge on any atom is -0.0836 e. The van der Waals surface area contributed by atoms with Crippen LogP contribution in [0.5, 0.6) is 0 Å². The molecule has 134 valence electrons. The van der Waals surface area contributed by atoms with E-state index in [1.807, 2.05) is 0 Å². The van der Waals surface area contributed by atoms with Gasteiger partial charge in [0.1, 0.15) is 0 Å². The Morgan fingerprint density at radius 3 is 1.74 bits per heavy atom. The molecule has 0 nitrogen and oxygen atoms in total. The Kier molecular flexibility index (Phi) is 4.81. The summed E-state index contributed by atoms with van der Waals surface area (Å²) in [5.41, 5.74) is 6.28. The first-order valence-electron chi connectivity index (χ1n) is 9.78. The van der Waals surface area contributed by atoms with Crippen LogP contribution in [0.1, 0.15) is 35.6 Å². The van der Waals surface area contributed by atoms with Crippen molar-refractivity contribution in [2.75, 3.05) is 0 Å². The van der Waals surface area contributed by atoms with Crippen LogP contribution in [-0.4, -0.2) is 0 Å². The lowest BCUT2D eigenvalue weighted by Crippen LogP contribution is -2.32. The van der Waals surface area contributed by atoms with Crippen molar-refractivity contribution < 1.29 is 0 Å². The SMILES string of the molecule is Cc1ccc(C(C2=CC(C)CC=C2)(c2ccccc2)c2ccccc2)cc1. The van der Waals surface area contributed by atoms with E-state index in [0.29, 0.717) is 5.92 Å². The van der Waals surface area contributed by atoms with Crippen molar-refractivity contribution in [3.8, 4) is 0 Å². The average Bonchev–Trinajstić information content (AvgIpc) is 2.72. The molecule has 0 aromatic heterocycles. The van der Waals surface area contributed by atoms with Crippen molar-refractivity contribution >= 4 is 0 Å². The molecule has 1 atom stereocenters. The number of aryl methyl sites for hydroxylation is 1. The first-order valence-corrected chi connectivity index (χ1v) is 9.78. The van der Waals surface area contributed by atoms with Crippen LogP contribution in [0.3, 0.4) is 0 Å². The monoisotopic (exact) mass is 350 g/mol. The molecule has 0 saturated carbocycles. The molecule has 0 heterocycles. The van der Waals surface area contributed by atoms with Crippen LogP contribution in [0.2, 0.25) is 0 Å². The van der Waals surface area contributed by atoms with E-state index in [1.54, 1.807) is 0 Å². The summed E-state index contributed by atoms with van der Waals surface area (Å²) in [5, 5.41) is 0. The standard InChI is InChI=1S/C27H26/c1-21-16-18-25(19-17-21)27(23-11-5-3-6-12-23,24-13-7-4-8-14-24)26-15-9-10-22(2)20-26/h3-9,11-20,22H,10H2,1-2H3. The molecule has 0 aliphatic heterocycles. The topological polar surface area (TPSA) is 0 Å². The highest BCUT2D eigenvalue weighted by molar-refractivity contribution is 5.61. The molecule has 4 rings (SSSR count). The minimum absolute atomic E-state index is 0.304. The molecule has 1 unspecified atom stereocenters. The Bertz CT molecular complexity index is 904. The average molecular weight is 351 g/mol. The molecule has 1 aliphatic rings. The number of hydrogen-bond acceptors (Lipinski definition) is 0. The number of rotatable bonds is 4. The molecule has 0 fully saturated rings. The summed E-state index contributed by atoms with van der Waals surface area (Å²) in [4.78, 5) is 0. The Labute approximate surface area is 162 Å². The fraction of sp³-hybridized carbons (Fsp3) is 0.185. The van der Waals surface area contributed by atoms with E-state index in [1.165, 1.54) is 27.8 Å². The zero-order valence-electron chi connectivity index (χ0n) is 16.1. The van der Waals surface area contributed by atoms with Crippen molar-refractivity contribution in [3.63, 3.8) is 0 Å². The van der Waals surface area contributed by atoms with Crippen LogP contribution in [0.4, 0.5) is 0 Å². The van der Waals surface area contributed by atoms with Crippen molar-refractivity contribution in [1.82, 2.24) is 0 Å². The van der Waals surface area contributed by atoms with E-state index in [4.69, 9.17) is 0 Å². The summed E-state index contributed by atoms with van der Waals surface area (Å²) >= 11 is 0. The molecule has 3 aromatic rings. The summed E-state index contributed by atoms with van der Waals surface area (Å²) in [7, 11) is 0. The second kappa shape index (κ2) is 7.40. The quantitative estimate of drug-likeness (QED) is 0.451. The third-order valence-electron chi connectivity index (χ3n) is 5.60. The van der Waals surface area contributed by atoms with E-state index in [-0.39, 0.29) is 5.41 Å². The summed E-state index contributed by atoms with van der Waals surface area (Å²) < 4.78 is 0. The lowest BCUT2D eigenvalue weighted by atomic mass is 9.63. The molecule has 0 heteroatoms. The Hall–Kier alpha value is -2.86. The van der Waals surface area contributed by atoms with E-state index in [2.05, 4.69) is 117 Å². The van der Waals surface area contributed by atoms with Gasteiger partial charge in [-0.15, -0.1) is 0 Å². The van der Waals surface area contributed by atoms with Crippen molar-refractivity contribution in [3.05, 3.63) is 131 Å². The van der Waals surface area contributed by atoms with Gasteiger partial charge in [0.2, 0.25) is 0 Å². The summed E-state index contributed by atoms with van der Waals surface area (Å²) in [6.45, 7) is 4.46. The first-order chi connectivity index (χ1) is 13.2. The highest BCUT2D eigenvalue weighted by atomic mass is 14.4. The van der Waals surface area contributed by atoms with Gasteiger partial charge in [-0.2, -0.15) is 0 Å². The predicted molar refractivity (Wildman–Crippen MR) is 115 cm³/mol. The molecule has 3 aromatic carbocycles. The van der Waals surface area contributed by atoms with E-state index < -0.39 is 0 Å². The molecule has 0 amide bonds. The number of benzene rings is 3. The van der Waals surface area contributed by atoms with Gasteiger partial charge in [0.25, 0.3) is 0 Å². The number of hydrogen-bond donors (Lipinski definition) is 0. The predicted octanol–water partition coefficient (Wildman–Crippen LogP) is 6.85. The molecule has 1 aliphatic carbocycles. The summed E-state index contributed by atoms with van der Waals surface area (Å²) in [5.74, 6) is 0.544. The van der Waals surface area contributed by atoms with Crippen molar-refractivity contribution in [1.29, 1.82) is 0 Å². The zero-order chi connectivity index (χ0) is 18.7. The maximum Gasteiger partial charge on any atom is 0.0698 e. The first kappa shape index (κ1) is 17.5. The lowest BCUT2D eigenvalue weighted by Gasteiger charge is -2.39. The molecule has 0 spiro atoms. The minimum atomic E-state index is -0.304. The Morgan fingerprint density at radius 1 is 0.704 bits per heavy atom. The highest BCUT2D eigenvalue weighted by Gasteiger charge is 2.39. The van der Waals surface area contributed by atoms with Crippen LogP contribution in [-0.2, 0) is 5.41 Å². The molecule has 0 N–H and O–H groups in total. The van der Waals surface area contributed by atoms with Gasteiger partial charge in [0.15, 0.2) is 0 Å². The van der Waals surface area contributed by atoms with Gasteiger partial charge in [0, 0.05) is 0 Å². The number of allylic oxidation sites excluding steroid dienone is 4. The van der Waals surface area contributed by atoms with Crippen LogP contribution >= 0.6 is 0 Å². The summed E-state index contributed by atoms with van der Waals surface area (Å²) in [6, 6.07) is 30.9. The summed E-state index contributed by atoms with van der Waals surface area (Å²) in [6.07, 6.45) is 8.23. The normalized spacial score (nSPS) is 16.8. The van der Waals surface area contributed by atoms with Gasteiger partial charge in [-0.05, 0) is 41.5 Å². The zero-order valence-corrected chi connectivity index (χ0v) is 16.1. The van der Waals surface area contributed by atoms with E-state index >= 15 is 0 Å². The maximum atomic E-state index is 2.46. The molecule has 0 radical (unpaired) electrons. The van der Waals surface area contributed by atoms with Crippen molar-refractivity contribution in [2.45, 2.75) is 25.7 Å². The lowest BCUT2D eigenvalue weighted by molar-refractivity contribution is 0.675. The van der Waals surface area contributed by atoms with Gasteiger partial charge in [-0.25, -0.2) is 0 Å². The fourth-order valence-corrected chi connectivity index (χ4v) is 4.27. The van der Waals surface area contributed by atoms with Gasteiger partial charge in [-0.3, -0.25) is 0 Å². The van der Waals surface area contributed by atoms with Crippen LogP contribution in [0.25, 0.3) is 0 Å². The van der Waals surface area contributed by atoms with Gasteiger partial charge in [-0.1, -0.05) is 116 Å². The molecule has 0 bridgehead atoms. The molecular weight excluding hydrogens is 324 g/mol. The van der Waals surface area contributed by atoms with Crippen molar-refractivity contribution in [2.24, 2.45) is 5.92 Å². The smallest absolute Gasteiger partial charge is 0.0698 e. The molecular formula is C27H26. The van der Waals surface area contributed by atoms with Crippen LogP contribution in [0.15, 0.2) is 109 Å². The van der Waals surface area contributed by atoms with Crippen LogP contribution in [0, 0.1) is 12.8 Å². The highest BCUT2D eigenvalue weighted by Crippen LogP contribution is 2.47. The van der Waals surface area contributed by atoms with Gasteiger partial charge in [0.05, 0.1) is 5.41 Å². The Morgan fingerprint density at radius 2 is 1.22 bits per heavy atom. The second-order valence-electron chi connectivity index (χ2n) is 7.59. The van der Waals surface area contributed by atoms with E-state index in [9.17, 15) is 0 Å². The largest absolute Gasteiger partial charge is 0.0836 e. The molecule has 0 saturated heterocycles. The van der Waals surface area contributed by atoms with Crippen LogP contribution < -0.4 is 0 Å². The third-order valence-corrected chi connectivity index (χ3v) is 5.60. The Balaban J connectivity index is 2.09. The second-order valence-corrected chi connectivity index (χ2v) is 7.59. The van der Waals surface area contributed by atoms with E-state index in [0.717, 1.165) is 6.42 Å². The maximum absolute atomic E-state index is 2.46.